The van der Waals surface area contributed by atoms with Gasteiger partial charge in [-0.15, -0.1) is 0 Å². The zero-order valence-electron chi connectivity index (χ0n) is 37.7. The van der Waals surface area contributed by atoms with Gasteiger partial charge in [0, 0.05) is 27.9 Å². The molecular weight excluding hydrogens is 783 g/mol. The van der Waals surface area contributed by atoms with Crippen LogP contribution in [-0.2, 0) is 10.8 Å². The zero-order valence-corrected chi connectivity index (χ0v) is 37.7. The number of fused-ring (bicyclic) bond motifs is 6. The van der Waals surface area contributed by atoms with Crippen LogP contribution >= 0.6 is 0 Å². The minimum absolute atomic E-state index is 0.0221. The van der Waals surface area contributed by atoms with Gasteiger partial charge in [-0.05, 0) is 150 Å². The molecule has 11 rings (SSSR count). The summed E-state index contributed by atoms with van der Waals surface area (Å²) in [5, 5.41) is 0. The molecule has 0 radical (unpaired) electrons. The molecule has 2 aliphatic rings. The largest absolute Gasteiger partial charge is 0.310 e. The summed E-state index contributed by atoms with van der Waals surface area (Å²) >= 11 is 0. The molecule has 0 saturated heterocycles. The predicted molar refractivity (Wildman–Crippen MR) is 277 cm³/mol. The lowest BCUT2D eigenvalue weighted by molar-refractivity contribution is 0.490. The van der Waals surface area contributed by atoms with Crippen molar-refractivity contribution in [1.82, 2.24) is 0 Å². The Morgan fingerprint density at radius 2 is 0.846 bits per heavy atom. The molecule has 0 unspecified atom stereocenters. The van der Waals surface area contributed by atoms with Crippen LogP contribution < -0.4 is 4.90 Å². The van der Waals surface area contributed by atoms with Crippen molar-refractivity contribution in [1.29, 1.82) is 0 Å². The van der Waals surface area contributed by atoms with E-state index >= 15 is 0 Å². The topological polar surface area (TPSA) is 3.24 Å². The standard InChI is InChI=1S/C64H53N/c1-5-64(6-2)61-40-45(30-36-55(61)56-38-35-52(43-62(56)64)65(50-20-12-8-13-21-50)51-22-14-9-15-23-51)27-26-44-28-31-47(32-29-44)57-41-48(46-18-10-7-11-19-46)33-37-53(57)49-34-39-60-58(42-49)54-24-16-17-25-59(54)63(60,3)4/h7-43H,5-6H2,1-4H3/b27-26+. The van der Waals surface area contributed by atoms with Gasteiger partial charge in [-0.3, -0.25) is 0 Å². The van der Waals surface area contributed by atoms with Crippen molar-refractivity contribution < 1.29 is 0 Å². The first-order chi connectivity index (χ1) is 31.9. The Kier molecular flexibility index (Phi) is 10.1. The highest BCUT2D eigenvalue weighted by molar-refractivity contribution is 5.92. The van der Waals surface area contributed by atoms with E-state index in [1.54, 1.807) is 0 Å². The molecule has 0 saturated carbocycles. The molecule has 0 heterocycles. The summed E-state index contributed by atoms with van der Waals surface area (Å²) in [6.45, 7) is 9.41. The third kappa shape index (κ3) is 6.86. The van der Waals surface area contributed by atoms with Crippen molar-refractivity contribution in [2.75, 3.05) is 4.90 Å². The van der Waals surface area contributed by atoms with Crippen molar-refractivity contribution >= 4 is 29.2 Å². The van der Waals surface area contributed by atoms with E-state index in [0.717, 1.165) is 24.2 Å². The third-order valence-electron chi connectivity index (χ3n) is 14.6. The van der Waals surface area contributed by atoms with Gasteiger partial charge in [0.05, 0.1) is 0 Å². The average molecular weight is 836 g/mol. The molecule has 314 valence electrons. The van der Waals surface area contributed by atoms with Crippen LogP contribution in [0.4, 0.5) is 17.1 Å². The first-order valence-electron chi connectivity index (χ1n) is 23.3. The summed E-state index contributed by atoms with van der Waals surface area (Å²) in [4.78, 5) is 2.38. The number of benzene rings is 9. The average Bonchev–Trinajstić information content (AvgIpc) is 3.77. The lowest BCUT2D eigenvalue weighted by Gasteiger charge is -2.32. The van der Waals surface area contributed by atoms with Crippen LogP contribution in [0.25, 0.3) is 67.8 Å². The normalized spacial score (nSPS) is 13.8. The van der Waals surface area contributed by atoms with Gasteiger partial charge in [0.2, 0.25) is 0 Å². The van der Waals surface area contributed by atoms with Crippen molar-refractivity contribution in [3.8, 4) is 55.6 Å². The number of hydrogen-bond donors (Lipinski definition) is 0. The highest BCUT2D eigenvalue weighted by atomic mass is 15.1. The molecule has 0 fully saturated rings. The van der Waals surface area contributed by atoms with E-state index in [4.69, 9.17) is 0 Å². The maximum absolute atomic E-state index is 2.46. The van der Waals surface area contributed by atoms with E-state index in [0.29, 0.717) is 0 Å². The van der Waals surface area contributed by atoms with Crippen molar-refractivity contribution in [3.05, 3.63) is 246 Å². The summed E-state index contributed by atoms with van der Waals surface area (Å²) < 4.78 is 0. The first-order valence-corrected chi connectivity index (χ1v) is 23.3. The maximum Gasteiger partial charge on any atom is 0.0465 e. The van der Waals surface area contributed by atoms with Crippen LogP contribution in [-0.4, -0.2) is 0 Å². The van der Waals surface area contributed by atoms with E-state index in [9.17, 15) is 0 Å². The molecular formula is C64H53N. The molecule has 1 nitrogen and oxygen atoms in total. The van der Waals surface area contributed by atoms with E-state index < -0.39 is 0 Å². The third-order valence-corrected chi connectivity index (χ3v) is 14.6. The monoisotopic (exact) mass is 835 g/mol. The van der Waals surface area contributed by atoms with Crippen LogP contribution in [0.15, 0.2) is 212 Å². The summed E-state index contributed by atoms with van der Waals surface area (Å²) in [7, 11) is 0. The van der Waals surface area contributed by atoms with E-state index in [1.165, 1.54) is 94.7 Å². The van der Waals surface area contributed by atoms with Gasteiger partial charge in [-0.1, -0.05) is 204 Å². The van der Waals surface area contributed by atoms with Crippen molar-refractivity contribution in [2.45, 2.75) is 51.4 Å². The van der Waals surface area contributed by atoms with Crippen LogP contribution in [0, 0.1) is 0 Å². The van der Waals surface area contributed by atoms with E-state index in [2.05, 4.69) is 257 Å². The van der Waals surface area contributed by atoms with E-state index in [-0.39, 0.29) is 10.8 Å². The minimum Gasteiger partial charge on any atom is -0.310 e. The zero-order chi connectivity index (χ0) is 44.1. The molecule has 0 aliphatic heterocycles. The Hall–Kier alpha value is -7.48. The molecule has 1 heteroatoms. The molecule has 0 N–H and O–H groups in total. The summed E-state index contributed by atoms with van der Waals surface area (Å²) in [5.41, 5.74) is 24.2. The predicted octanol–water partition coefficient (Wildman–Crippen LogP) is 17.7. The second kappa shape index (κ2) is 16.3. The molecule has 2 aliphatic carbocycles. The van der Waals surface area contributed by atoms with Crippen molar-refractivity contribution in [3.63, 3.8) is 0 Å². The van der Waals surface area contributed by atoms with Gasteiger partial charge in [-0.2, -0.15) is 0 Å². The Bertz CT molecular complexity index is 3180. The number of hydrogen-bond acceptors (Lipinski definition) is 1. The smallest absolute Gasteiger partial charge is 0.0465 e. The Labute approximate surface area is 385 Å². The minimum atomic E-state index is -0.0738. The highest BCUT2D eigenvalue weighted by Gasteiger charge is 2.41. The van der Waals surface area contributed by atoms with E-state index in [1.807, 2.05) is 0 Å². The summed E-state index contributed by atoms with van der Waals surface area (Å²) in [5.74, 6) is 0. The molecule has 0 amide bonds. The van der Waals surface area contributed by atoms with Gasteiger partial charge in [0.25, 0.3) is 0 Å². The Morgan fingerprint density at radius 1 is 0.338 bits per heavy atom. The molecule has 0 spiro atoms. The fraction of sp³-hybridized carbons (Fsp3) is 0.125. The van der Waals surface area contributed by atoms with Crippen LogP contribution in [0.5, 0.6) is 0 Å². The Morgan fingerprint density at radius 3 is 1.54 bits per heavy atom. The number of rotatable bonds is 10. The quantitative estimate of drug-likeness (QED) is 0.124. The lowest BCUT2D eigenvalue weighted by Crippen LogP contribution is -2.23. The number of nitrogens with zero attached hydrogens (tertiary/aromatic N) is 1. The summed E-state index contributed by atoms with van der Waals surface area (Å²) in [6, 6.07) is 78.5. The summed E-state index contributed by atoms with van der Waals surface area (Å²) in [6.07, 6.45) is 6.62. The maximum atomic E-state index is 2.46. The van der Waals surface area contributed by atoms with Gasteiger partial charge in [-0.25, -0.2) is 0 Å². The molecule has 0 bridgehead atoms. The van der Waals surface area contributed by atoms with Gasteiger partial charge in [0.15, 0.2) is 0 Å². The van der Waals surface area contributed by atoms with Gasteiger partial charge >= 0.3 is 0 Å². The lowest BCUT2D eigenvalue weighted by atomic mass is 9.73. The molecule has 65 heavy (non-hydrogen) atoms. The Balaban J connectivity index is 0.918. The van der Waals surface area contributed by atoms with Crippen LogP contribution in [0.2, 0.25) is 0 Å². The van der Waals surface area contributed by atoms with Gasteiger partial charge < -0.3 is 4.90 Å². The second-order valence-electron chi connectivity index (χ2n) is 18.3. The molecule has 9 aromatic rings. The molecule has 9 aromatic carbocycles. The fourth-order valence-corrected chi connectivity index (χ4v) is 11.1. The fourth-order valence-electron chi connectivity index (χ4n) is 11.1. The molecule has 0 atom stereocenters. The first kappa shape index (κ1) is 40.3. The SMILES string of the molecule is CCC1(CC)c2cc(/C=C/c3ccc(-c4cc(-c5ccccc5)ccc4-c4ccc5c(c4)-c4ccccc4C5(C)C)cc3)ccc2-c2ccc(N(c3ccccc3)c3ccccc3)cc21. The van der Waals surface area contributed by atoms with Crippen molar-refractivity contribution in [2.24, 2.45) is 0 Å². The van der Waals surface area contributed by atoms with Gasteiger partial charge in [0.1, 0.15) is 0 Å². The molecule has 0 aromatic heterocycles. The number of para-hydroxylation sites is 2. The highest BCUT2D eigenvalue weighted by Crippen LogP contribution is 2.55. The number of anilines is 3. The second-order valence-corrected chi connectivity index (χ2v) is 18.3. The van der Waals surface area contributed by atoms with Crippen LogP contribution in [0.1, 0.15) is 73.9 Å². The van der Waals surface area contributed by atoms with Crippen LogP contribution in [0.3, 0.4) is 0 Å².